The Bertz CT molecular complexity index is 412. The summed E-state index contributed by atoms with van der Waals surface area (Å²) in [7, 11) is 0. The zero-order chi connectivity index (χ0) is 9.26. The Morgan fingerprint density at radius 1 is 1.14 bits per heavy atom. The molecule has 0 aliphatic rings. The molecule has 0 aliphatic heterocycles. The van der Waals surface area contributed by atoms with Gasteiger partial charge < -0.3 is 0 Å². The number of aryl methyl sites for hydroxylation is 2. The summed E-state index contributed by atoms with van der Waals surface area (Å²) in [6.07, 6.45) is 2.27. The van der Waals surface area contributed by atoms with Crippen LogP contribution >= 0.6 is 0 Å². The molecule has 0 aromatic heterocycles. The van der Waals surface area contributed by atoms with E-state index in [2.05, 4.69) is 44.2 Å². The first-order chi connectivity index (χ1) is 6.35. The van der Waals surface area contributed by atoms with Gasteiger partial charge in [0.15, 0.2) is 0 Å². The van der Waals surface area contributed by atoms with Gasteiger partial charge in [0.25, 0.3) is 0 Å². The maximum absolute atomic E-state index is 2.33. The molecule has 0 amide bonds. The molecule has 2 aromatic rings. The largest absolute Gasteiger partial charge is 0.165 e. The van der Waals surface area contributed by atoms with E-state index in [1.165, 1.54) is 21.9 Å². The van der Waals surface area contributed by atoms with Crippen molar-refractivity contribution in [3.05, 3.63) is 41.5 Å². The van der Waals surface area contributed by atoms with Crippen LogP contribution in [0.3, 0.4) is 0 Å². The minimum Gasteiger partial charge on any atom is -0.165 e. The van der Waals surface area contributed by atoms with Gasteiger partial charge in [0.05, 0.1) is 0 Å². The zero-order valence-corrected chi connectivity index (χ0v) is 11.3. The van der Waals surface area contributed by atoms with Crippen molar-refractivity contribution in [3.8, 4) is 0 Å². The Balaban J connectivity index is 0.000000980. The van der Waals surface area contributed by atoms with E-state index in [9.17, 15) is 0 Å². The summed E-state index contributed by atoms with van der Waals surface area (Å²) in [5.74, 6) is 0. The van der Waals surface area contributed by atoms with E-state index >= 15 is 0 Å². The second kappa shape index (κ2) is 4.98. The Labute approximate surface area is 105 Å². The average Bonchev–Trinajstić information content (AvgIpc) is 2.59. The van der Waals surface area contributed by atoms with Crippen molar-refractivity contribution in [1.82, 2.24) is 0 Å². The van der Waals surface area contributed by atoms with Gasteiger partial charge in [-0.1, -0.05) is 25.5 Å². The maximum Gasteiger partial charge on any atom is 0 e. The fourth-order valence-electron chi connectivity index (χ4n) is 1.87. The molecule has 0 aliphatic carbocycles. The fraction of sp³-hybridized carbons (Fsp3) is 0.308. The molecule has 72 valence electrons. The molecule has 0 saturated carbocycles. The van der Waals surface area contributed by atoms with E-state index in [0.29, 0.717) is 0 Å². The summed E-state index contributed by atoms with van der Waals surface area (Å²) >= 11 is 0. The summed E-state index contributed by atoms with van der Waals surface area (Å²) < 4.78 is 0. The molecule has 2 aromatic carbocycles. The Kier molecular flexibility index (Phi) is 4.19. The van der Waals surface area contributed by atoms with Gasteiger partial charge in [0.2, 0.25) is 0 Å². The molecule has 0 radical (unpaired) electrons. The van der Waals surface area contributed by atoms with Crippen LogP contribution in [0.15, 0.2) is 30.3 Å². The molecule has 0 nitrogen and oxygen atoms in total. The van der Waals surface area contributed by atoms with Crippen LogP contribution in [-0.4, -0.2) is 0 Å². The summed E-state index contributed by atoms with van der Waals surface area (Å²) in [6, 6.07) is 11.2. The molecule has 0 heterocycles. The number of hydrogen-bond acceptors (Lipinski definition) is 0. The molecule has 0 N–H and O–H groups in total. The molecule has 2 rings (SSSR count). The second-order valence-electron chi connectivity index (χ2n) is 3.49. The molecular formula is C13H15Zr-. The van der Waals surface area contributed by atoms with E-state index in [0.717, 1.165) is 12.8 Å². The second-order valence-corrected chi connectivity index (χ2v) is 3.49. The van der Waals surface area contributed by atoms with E-state index < -0.39 is 0 Å². The molecule has 0 spiro atoms. The van der Waals surface area contributed by atoms with Gasteiger partial charge in [-0.15, -0.1) is 34.5 Å². The number of benzene rings is 1. The van der Waals surface area contributed by atoms with Crippen molar-refractivity contribution in [3.63, 3.8) is 0 Å². The van der Waals surface area contributed by atoms with E-state index in [-0.39, 0.29) is 26.2 Å². The van der Waals surface area contributed by atoms with E-state index in [1.807, 2.05) is 0 Å². The third-order valence-corrected chi connectivity index (χ3v) is 2.69. The average molecular weight is 262 g/mol. The van der Waals surface area contributed by atoms with Crippen LogP contribution in [-0.2, 0) is 39.0 Å². The van der Waals surface area contributed by atoms with Gasteiger partial charge in [-0.2, -0.15) is 6.07 Å². The number of hydrogen-bond donors (Lipinski definition) is 0. The summed E-state index contributed by atoms with van der Waals surface area (Å²) in [5.41, 5.74) is 2.92. The Hall–Kier alpha value is -0.287. The quantitative estimate of drug-likeness (QED) is 0.724. The van der Waals surface area contributed by atoms with E-state index in [1.54, 1.807) is 0 Å². The summed E-state index contributed by atoms with van der Waals surface area (Å²) in [6.45, 7) is 4.42. The van der Waals surface area contributed by atoms with Crippen LogP contribution in [0.2, 0.25) is 0 Å². The smallest absolute Gasteiger partial charge is 0 e. The molecule has 14 heavy (non-hydrogen) atoms. The zero-order valence-electron chi connectivity index (χ0n) is 8.80. The molecular weight excluding hydrogens is 247 g/mol. The van der Waals surface area contributed by atoms with Crippen molar-refractivity contribution < 1.29 is 26.2 Å². The minimum absolute atomic E-state index is 0. The first kappa shape index (κ1) is 11.8. The summed E-state index contributed by atoms with van der Waals surface area (Å²) in [5, 5.41) is 2.85. The third kappa shape index (κ3) is 2.03. The van der Waals surface area contributed by atoms with Crippen molar-refractivity contribution in [1.29, 1.82) is 0 Å². The van der Waals surface area contributed by atoms with Crippen LogP contribution in [0.25, 0.3) is 10.8 Å². The molecule has 0 fully saturated rings. The Morgan fingerprint density at radius 2 is 1.93 bits per heavy atom. The summed E-state index contributed by atoms with van der Waals surface area (Å²) in [4.78, 5) is 0. The maximum atomic E-state index is 2.33. The van der Waals surface area contributed by atoms with Crippen LogP contribution in [0, 0.1) is 0 Å². The van der Waals surface area contributed by atoms with E-state index in [4.69, 9.17) is 0 Å². The molecule has 0 bridgehead atoms. The van der Waals surface area contributed by atoms with Gasteiger partial charge in [0.1, 0.15) is 0 Å². The topological polar surface area (TPSA) is 0 Å². The van der Waals surface area contributed by atoms with Crippen molar-refractivity contribution in [2.24, 2.45) is 0 Å². The van der Waals surface area contributed by atoms with Gasteiger partial charge in [-0.05, 0) is 12.8 Å². The first-order valence-corrected chi connectivity index (χ1v) is 5.02. The van der Waals surface area contributed by atoms with Gasteiger partial charge in [-0.25, -0.2) is 0 Å². The molecule has 0 unspecified atom stereocenters. The predicted octanol–water partition coefficient (Wildman–Crippen LogP) is 3.68. The Morgan fingerprint density at radius 3 is 2.57 bits per heavy atom. The van der Waals surface area contributed by atoms with Crippen LogP contribution in [0.5, 0.6) is 0 Å². The van der Waals surface area contributed by atoms with Crippen molar-refractivity contribution >= 4 is 10.8 Å². The monoisotopic (exact) mass is 261 g/mol. The number of rotatable bonds is 2. The van der Waals surface area contributed by atoms with Gasteiger partial charge >= 0.3 is 0 Å². The van der Waals surface area contributed by atoms with Crippen molar-refractivity contribution in [2.75, 3.05) is 0 Å². The predicted molar refractivity (Wildman–Crippen MR) is 58.3 cm³/mol. The van der Waals surface area contributed by atoms with Gasteiger partial charge in [0, 0.05) is 26.2 Å². The number of fused-ring (bicyclic) bond motifs is 1. The van der Waals surface area contributed by atoms with Crippen LogP contribution in [0.1, 0.15) is 25.0 Å². The molecule has 0 saturated heterocycles. The SMILES string of the molecule is CCc1cc2c(CC)cccc2[cH-]1.[Zr]. The third-order valence-electron chi connectivity index (χ3n) is 2.69. The fourth-order valence-corrected chi connectivity index (χ4v) is 1.87. The standard InChI is InChI=1S/C13H15.Zr/c1-3-10-8-12-7-5-6-11(4-2)13(12)9-10;/h5-9H,3-4H2,1-2H3;/q-1;. The van der Waals surface area contributed by atoms with Crippen LogP contribution in [0.4, 0.5) is 0 Å². The van der Waals surface area contributed by atoms with Crippen molar-refractivity contribution in [2.45, 2.75) is 26.7 Å². The van der Waals surface area contributed by atoms with Crippen LogP contribution < -0.4 is 0 Å². The molecule has 1 heteroatoms. The first-order valence-electron chi connectivity index (χ1n) is 5.02. The molecule has 0 atom stereocenters. The minimum atomic E-state index is 0. The van der Waals surface area contributed by atoms with Gasteiger partial charge in [-0.3, -0.25) is 0 Å². The normalized spacial score (nSPS) is 10.1.